The summed E-state index contributed by atoms with van der Waals surface area (Å²) in [4.78, 5) is 35.3. The number of aliphatic hydroxyl groups is 1. The van der Waals surface area contributed by atoms with E-state index in [1.165, 1.54) is 64.2 Å². The molecule has 0 rings (SSSR count). The molecule has 2 N–H and O–H groups in total. The van der Waals surface area contributed by atoms with E-state index in [0.717, 1.165) is 57.8 Å². The number of aliphatic hydroxyl groups excluding tert-OH is 1. The van der Waals surface area contributed by atoms with Gasteiger partial charge in [-0.3, -0.25) is 18.6 Å². The summed E-state index contributed by atoms with van der Waals surface area (Å²) in [7, 11) is 1.43. The van der Waals surface area contributed by atoms with E-state index in [-0.39, 0.29) is 32.0 Å². The molecule has 310 valence electrons. The topological polar surface area (TPSA) is 129 Å². The first-order valence-electron chi connectivity index (χ1n) is 20.8. The van der Waals surface area contributed by atoms with Gasteiger partial charge in [0.05, 0.1) is 33.9 Å². The molecule has 0 aromatic carbocycles. The number of nitrogens with zero attached hydrogens (tertiary/aromatic N) is 1. The van der Waals surface area contributed by atoms with Crippen molar-refractivity contribution in [2.24, 2.45) is 0 Å². The average molecular weight is 773 g/mol. The van der Waals surface area contributed by atoms with Crippen LogP contribution in [0, 0.1) is 0 Å². The summed E-state index contributed by atoms with van der Waals surface area (Å²) in [5.41, 5.74) is 0. The highest BCUT2D eigenvalue weighted by molar-refractivity contribution is 7.47. The number of hydrogen-bond acceptors (Lipinski definition) is 8. The molecular formula is C42H79NO9P+. The Morgan fingerprint density at radius 1 is 0.679 bits per heavy atom. The molecule has 0 aliphatic rings. The van der Waals surface area contributed by atoms with E-state index in [4.69, 9.17) is 18.5 Å². The van der Waals surface area contributed by atoms with Gasteiger partial charge in [0.2, 0.25) is 0 Å². The van der Waals surface area contributed by atoms with Gasteiger partial charge in [-0.05, 0) is 38.5 Å². The van der Waals surface area contributed by atoms with Crippen molar-refractivity contribution in [3.63, 3.8) is 0 Å². The number of quaternary nitrogens is 1. The lowest BCUT2D eigenvalue weighted by atomic mass is 10.0. The lowest BCUT2D eigenvalue weighted by Gasteiger charge is -2.24. The van der Waals surface area contributed by atoms with Crippen LogP contribution in [0.1, 0.15) is 162 Å². The highest BCUT2D eigenvalue weighted by Crippen LogP contribution is 2.43. The van der Waals surface area contributed by atoms with Crippen molar-refractivity contribution in [2.45, 2.75) is 174 Å². The maximum absolute atomic E-state index is 12.7. The molecule has 0 saturated heterocycles. The number of likely N-dealkylation sites (N-methyl/N-ethyl adjacent to an activating group) is 1. The fraction of sp³-hybridized carbons (Fsp3) is 0.810. The SMILES string of the molecule is CC/C=C/CC(O)/C=C/C=C/CCCCCCCC(=O)OC(COC(=O)CCCCCCCCCCCCCCC)COP(=O)(O)OCC[N+](C)(C)C. The van der Waals surface area contributed by atoms with Crippen LogP contribution < -0.4 is 0 Å². The first-order chi connectivity index (χ1) is 25.4. The molecule has 0 aliphatic heterocycles. The number of unbranched alkanes of at least 4 members (excludes halogenated alkanes) is 17. The minimum Gasteiger partial charge on any atom is -0.462 e. The zero-order valence-electron chi connectivity index (χ0n) is 34.4. The van der Waals surface area contributed by atoms with E-state index in [0.29, 0.717) is 23.9 Å². The van der Waals surface area contributed by atoms with Crippen LogP contribution in [0.2, 0.25) is 0 Å². The third kappa shape index (κ3) is 38.3. The summed E-state index contributed by atoms with van der Waals surface area (Å²) < 4.78 is 34.2. The van der Waals surface area contributed by atoms with E-state index in [9.17, 15) is 24.2 Å². The second-order valence-corrected chi connectivity index (χ2v) is 16.7. The van der Waals surface area contributed by atoms with Gasteiger partial charge >= 0.3 is 19.8 Å². The van der Waals surface area contributed by atoms with Crippen molar-refractivity contribution in [2.75, 3.05) is 47.5 Å². The van der Waals surface area contributed by atoms with Gasteiger partial charge in [-0.25, -0.2) is 4.57 Å². The van der Waals surface area contributed by atoms with E-state index in [1.54, 1.807) is 6.08 Å². The van der Waals surface area contributed by atoms with Gasteiger partial charge in [-0.2, -0.15) is 0 Å². The normalized spacial score (nSPS) is 14.6. The van der Waals surface area contributed by atoms with Crippen LogP contribution >= 0.6 is 7.82 Å². The molecule has 53 heavy (non-hydrogen) atoms. The molecule has 0 aliphatic carbocycles. The van der Waals surface area contributed by atoms with Crippen molar-refractivity contribution in [3.05, 3.63) is 36.5 Å². The lowest BCUT2D eigenvalue weighted by molar-refractivity contribution is -0.870. The molecule has 0 amide bonds. The zero-order chi connectivity index (χ0) is 39.5. The first-order valence-corrected chi connectivity index (χ1v) is 22.3. The molecule has 0 saturated carbocycles. The second kappa shape index (κ2) is 34.7. The number of hydrogen-bond donors (Lipinski definition) is 2. The van der Waals surface area contributed by atoms with E-state index < -0.39 is 32.6 Å². The molecule has 3 atom stereocenters. The number of ether oxygens (including phenoxy) is 2. The smallest absolute Gasteiger partial charge is 0.462 e. The number of carbonyl (C=O) groups excluding carboxylic acids is 2. The van der Waals surface area contributed by atoms with Gasteiger partial charge in [-0.1, -0.05) is 147 Å². The second-order valence-electron chi connectivity index (χ2n) is 15.2. The Bertz CT molecular complexity index is 1020. The van der Waals surface area contributed by atoms with Crippen molar-refractivity contribution in [1.29, 1.82) is 0 Å². The van der Waals surface area contributed by atoms with E-state index >= 15 is 0 Å². The van der Waals surface area contributed by atoms with E-state index in [2.05, 4.69) is 19.9 Å². The number of carbonyl (C=O) groups is 2. The summed E-state index contributed by atoms with van der Waals surface area (Å²) in [5, 5.41) is 9.88. The molecule has 0 spiro atoms. The van der Waals surface area contributed by atoms with Crippen molar-refractivity contribution >= 4 is 19.8 Å². The van der Waals surface area contributed by atoms with Gasteiger partial charge in [0.1, 0.15) is 19.8 Å². The van der Waals surface area contributed by atoms with Gasteiger partial charge in [0, 0.05) is 12.8 Å². The Kier molecular flexibility index (Phi) is 33.5. The van der Waals surface area contributed by atoms with Gasteiger partial charge in [-0.15, -0.1) is 0 Å². The largest absolute Gasteiger partial charge is 0.472 e. The predicted octanol–water partition coefficient (Wildman–Crippen LogP) is 10.3. The molecule has 0 radical (unpaired) electrons. The standard InChI is InChI=1S/C42H78NO9P/c1-6-8-10-11-12-13-14-15-16-19-22-25-29-33-41(45)49-37-40(38-51-53(47,48)50-36-35-43(3,4)5)52-42(46)34-30-26-23-20-17-18-21-24-28-32-39(44)31-27-9-7-2/h9,21,24,27-28,32,39-40,44H,6-8,10-20,22-23,25-26,29-31,33-38H2,1-5H3/p+1/b24-21+,27-9+,32-28+. The highest BCUT2D eigenvalue weighted by Gasteiger charge is 2.27. The molecular weight excluding hydrogens is 693 g/mol. The van der Waals surface area contributed by atoms with Crippen molar-refractivity contribution in [3.8, 4) is 0 Å². The van der Waals surface area contributed by atoms with Crippen LogP contribution in [-0.4, -0.2) is 86.1 Å². The molecule has 0 bridgehead atoms. The summed E-state index contributed by atoms with van der Waals surface area (Å²) in [6.07, 6.45) is 33.7. The quantitative estimate of drug-likeness (QED) is 0.0158. The summed E-state index contributed by atoms with van der Waals surface area (Å²) in [6, 6.07) is 0. The van der Waals surface area contributed by atoms with Gasteiger partial charge in [0.25, 0.3) is 0 Å². The fourth-order valence-electron chi connectivity index (χ4n) is 5.46. The molecule has 0 aromatic heterocycles. The maximum atomic E-state index is 12.7. The maximum Gasteiger partial charge on any atom is 0.472 e. The van der Waals surface area contributed by atoms with Crippen LogP contribution in [0.3, 0.4) is 0 Å². The fourth-order valence-corrected chi connectivity index (χ4v) is 6.20. The molecule has 3 unspecified atom stereocenters. The molecule has 0 heterocycles. The number of allylic oxidation sites excluding steroid dienone is 4. The Morgan fingerprint density at radius 2 is 1.23 bits per heavy atom. The summed E-state index contributed by atoms with van der Waals surface area (Å²) in [5.74, 6) is -0.851. The van der Waals surface area contributed by atoms with Gasteiger partial charge in [0.15, 0.2) is 6.10 Å². The number of phosphoric acid groups is 1. The van der Waals surface area contributed by atoms with Crippen molar-refractivity contribution < 1.29 is 47.2 Å². The highest BCUT2D eigenvalue weighted by atomic mass is 31.2. The third-order valence-electron chi connectivity index (χ3n) is 8.76. The predicted molar refractivity (Wildman–Crippen MR) is 216 cm³/mol. The molecule has 0 fully saturated rings. The Morgan fingerprint density at radius 3 is 1.79 bits per heavy atom. The Labute approximate surface area is 324 Å². The zero-order valence-corrected chi connectivity index (χ0v) is 35.3. The molecule has 10 nitrogen and oxygen atoms in total. The number of phosphoric ester groups is 1. The van der Waals surface area contributed by atoms with Crippen LogP contribution in [0.15, 0.2) is 36.5 Å². The van der Waals surface area contributed by atoms with Crippen LogP contribution in [0.4, 0.5) is 0 Å². The van der Waals surface area contributed by atoms with Crippen molar-refractivity contribution in [1.82, 2.24) is 0 Å². The van der Waals surface area contributed by atoms with Crippen LogP contribution in [0.25, 0.3) is 0 Å². The van der Waals surface area contributed by atoms with Crippen LogP contribution in [0.5, 0.6) is 0 Å². The molecule has 11 heteroatoms. The Balaban J connectivity index is 4.46. The number of esters is 2. The first kappa shape index (κ1) is 51.2. The minimum atomic E-state index is -4.39. The number of rotatable bonds is 37. The van der Waals surface area contributed by atoms with Gasteiger partial charge < -0.3 is 24.0 Å². The average Bonchev–Trinajstić information content (AvgIpc) is 3.09. The third-order valence-corrected chi connectivity index (χ3v) is 9.75. The molecule has 0 aromatic rings. The van der Waals surface area contributed by atoms with E-state index in [1.807, 2.05) is 45.4 Å². The van der Waals surface area contributed by atoms with Crippen LogP contribution in [-0.2, 0) is 32.7 Å². The minimum absolute atomic E-state index is 0.0184. The summed E-state index contributed by atoms with van der Waals surface area (Å²) >= 11 is 0. The Hall–Kier alpha value is -1.81. The monoisotopic (exact) mass is 773 g/mol. The summed E-state index contributed by atoms with van der Waals surface area (Å²) in [6.45, 7) is 4.16. The lowest BCUT2D eigenvalue weighted by Crippen LogP contribution is -2.37.